The SMILES string of the molecule is CCCNC1CCCN(CC(F)(F)F)C1=O. The number of nitrogens with one attached hydrogen (secondary N) is 1. The zero-order chi connectivity index (χ0) is 12.2. The quantitative estimate of drug-likeness (QED) is 0.805. The summed E-state index contributed by atoms with van der Waals surface area (Å²) in [5.74, 6) is -0.419. The number of nitrogens with zero attached hydrogens (tertiary/aromatic N) is 1. The lowest BCUT2D eigenvalue weighted by Crippen LogP contribution is -2.53. The van der Waals surface area contributed by atoms with Crippen molar-refractivity contribution in [3.63, 3.8) is 0 Å². The van der Waals surface area contributed by atoms with Crippen LogP contribution in [0.5, 0.6) is 0 Å². The smallest absolute Gasteiger partial charge is 0.332 e. The number of hydrogen-bond acceptors (Lipinski definition) is 2. The first-order valence-corrected chi connectivity index (χ1v) is 5.53. The zero-order valence-electron chi connectivity index (χ0n) is 9.31. The number of amides is 1. The van der Waals surface area contributed by atoms with Gasteiger partial charge in [0.05, 0.1) is 6.04 Å². The second kappa shape index (κ2) is 5.52. The lowest BCUT2D eigenvalue weighted by Gasteiger charge is -2.33. The van der Waals surface area contributed by atoms with Crippen LogP contribution in [-0.2, 0) is 4.79 Å². The van der Waals surface area contributed by atoms with Crippen LogP contribution in [0, 0.1) is 0 Å². The van der Waals surface area contributed by atoms with E-state index in [2.05, 4.69) is 5.32 Å². The molecule has 1 unspecified atom stereocenters. The number of carbonyl (C=O) groups excluding carboxylic acids is 1. The molecule has 1 aliphatic rings. The molecule has 0 aromatic carbocycles. The summed E-state index contributed by atoms with van der Waals surface area (Å²) in [6, 6.07) is -0.434. The molecule has 0 aromatic rings. The van der Waals surface area contributed by atoms with Crippen molar-refractivity contribution in [2.24, 2.45) is 0 Å². The van der Waals surface area contributed by atoms with E-state index in [1.165, 1.54) is 0 Å². The maximum absolute atomic E-state index is 12.2. The molecule has 0 spiro atoms. The Hall–Kier alpha value is -0.780. The molecule has 0 bridgehead atoms. The van der Waals surface area contributed by atoms with Crippen LogP contribution in [0.4, 0.5) is 13.2 Å². The summed E-state index contributed by atoms with van der Waals surface area (Å²) in [5, 5.41) is 2.98. The van der Waals surface area contributed by atoms with Gasteiger partial charge in [0.2, 0.25) is 5.91 Å². The summed E-state index contributed by atoms with van der Waals surface area (Å²) < 4.78 is 36.5. The van der Waals surface area contributed by atoms with Gasteiger partial charge < -0.3 is 10.2 Å². The molecule has 1 saturated heterocycles. The van der Waals surface area contributed by atoms with E-state index in [-0.39, 0.29) is 6.54 Å². The molecule has 16 heavy (non-hydrogen) atoms. The van der Waals surface area contributed by atoms with Crippen molar-refractivity contribution in [2.45, 2.75) is 38.4 Å². The fourth-order valence-corrected chi connectivity index (χ4v) is 1.82. The molecule has 1 heterocycles. The molecule has 1 rings (SSSR count). The summed E-state index contributed by atoms with van der Waals surface area (Å²) >= 11 is 0. The largest absolute Gasteiger partial charge is 0.406 e. The topological polar surface area (TPSA) is 32.3 Å². The van der Waals surface area contributed by atoms with Crippen molar-refractivity contribution in [1.29, 1.82) is 0 Å². The number of alkyl halides is 3. The predicted octanol–water partition coefficient (Wildman–Crippen LogP) is 1.54. The molecular weight excluding hydrogens is 221 g/mol. The Labute approximate surface area is 93.0 Å². The van der Waals surface area contributed by atoms with Crippen molar-refractivity contribution in [3.8, 4) is 0 Å². The van der Waals surface area contributed by atoms with Crippen LogP contribution in [0.25, 0.3) is 0 Å². The van der Waals surface area contributed by atoms with Gasteiger partial charge in [-0.05, 0) is 25.8 Å². The van der Waals surface area contributed by atoms with E-state index in [0.29, 0.717) is 19.4 Å². The zero-order valence-corrected chi connectivity index (χ0v) is 9.31. The Bertz CT molecular complexity index is 243. The monoisotopic (exact) mass is 238 g/mol. The lowest BCUT2D eigenvalue weighted by molar-refractivity contribution is -0.165. The standard InChI is InChI=1S/C10H17F3N2O/c1-2-5-14-8-4-3-6-15(9(8)16)7-10(11,12)13/h8,14H,2-7H2,1H3. The van der Waals surface area contributed by atoms with E-state index in [1.807, 2.05) is 6.92 Å². The number of hydrogen-bond donors (Lipinski definition) is 1. The van der Waals surface area contributed by atoms with Gasteiger partial charge in [0.15, 0.2) is 0 Å². The Balaban J connectivity index is 2.50. The highest BCUT2D eigenvalue weighted by Crippen LogP contribution is 2.20. The molecule has 1 atom stereocenters. The fourth-order valence-electron chi connectivity index (χ4n) is 1.82. The van der Waals surface area contributed by atoms with Gasteiger partial charge in [-0.1, -0.05) is 6.92 Å². The van der Waals surface area contributed by atoms with Crippen LogP contribution in [0.1, 0.15) is 26.2 Å². The van der Waals surface area contributed by atoms with Crippen LogP contribution in [0.2, 0.25) is 0 Å². The van der Waals surface area contributed by atoms with Gasteiger partial charge in [0.1, 0.15) is 6.54 Å². The normalized spacial score (nSPS) is 22.6. The molecule has 94 valence electrons. The molecule has 1 N–H and O–H groups in total. The summed E-state index contributed by atoms with van der Waals surface area (Å²) in [6.45, 7) is 1.70. The van der Waals surface area contributed by atoms with Crippen LogP contribution in [0.3, 0.4) is 0 Å². The van der Waals surface area contributed by atoms with Gasteiger partial charge in [-0.2, -0.15) is 13.2 Å². The molecule has 0 radical (unpaired) electrons. The Morgan fingerprint density at radius 2 is 2.19 bits per heavy atom. The molecule has 0 saturated carbocycles. The highest BCUT2D eigenvalue weighted by molar-refractivity contribution is 5.82. The van der Waals surface area contributed by atoms with Crippen molar-refractivity contribution in [2.75, 3.05) is 19.6 Å². The van der Waals surface area contributed by atoms with Gasteiger partial charge in [0.25, 0.3) is 0 Å². The summed E-state index contributed by atoms with van der Waals surface area (Å²) in [5.41, 5.74) is 0. The average Bonchev–Trinajstić information content (AvgIpc) is 2.17. The second-order valence-electron chi connectivity index (χ2n) is 4.02. The van der Waals surface area contributed by atoms with E-state index in [4.69, 9.17) is 0 Å². The fraction of sp³-hybridized carbons (Fsp3) is 0.900. The van der Waals surface area contributed by atoms with Crippen LogP contribution in [0.15, 0.2) is 0 Å². The molecule has 0 aromatic heterocycles. The third-order valence-corrected chi connectivity index (χ3v) is 2.54. The van der Waals surface area contributed by atoms with E-state index >= 15 is 0 Å². The third kappa shape index (κ3) is 4.00. The number of likely N-dealkylation sites (tertiary alicyclic amines) is 1. The second-order valence-corrected chi connectivity index (χ2v) is 4.02. The van der Waals surface area contributed by atoms with Gasteiger partial charge in [-0.3, -0.25) is 4.79 Å². The summed E-state index contributed by atoms with van der Waals surface area (Å²) in [6.07, 6.45) is -2.18. The van der Waals surface area contributed by atoms with Gasteiger partial charge in [-0.25, -0.2) is 0 Å². The number of piperidine rings is 1. The average molecular weight is 238 g/mol. The van der Waals surface area contributed by atoms with Gasteiger partial charge >= 0.3 is 6.18 Å². The van der Waals surface area contributed by atoms with E-state index in [1.54, 1.807) is 0 Å². The summed E-state index contributed by atoms with van der Waals surface area (Å²) in [4.78, 5) is 12.6. The van der Waals surface area contributed by atoms with Crippen molar-refractivity contribution in [3.05, 3.63) is 0 Å². The maximum Gasteiger partial charge on any atom is 0.406 e. The summed E-state index contributed by atoms with van der Waals surface area (Å²) in [7, 11) is 0. The number of rotatable bonds is 4. The minimum absolute atomic E-state index is 0.211. The molecule has 1 amide bonds. The first-order valence-electron chi connectivity index (χ1n) is 5.53. The Morgan fingerprint density at radius 1 is 1.50 bits per heavy atom. The van der Waals surface area contributed by atoms with Crippen LogP contribution in [-0.4, -0.2) is 42.7 Å². The lowest BCUT2D eigenvalue weighted by atomic mass is 10.0. The molecular formula is C10H17F3N2O. The molecule has 0 aliphatic carbocycles. The highest BCUT2D eigenvalue weighted by Gasteiger charge is 2.36. The first kappa shape index (κ1) is 13.3. The van der Waals surface area contributed by atoms with Crippen molar-refractivity contribution < 1.29 is 18.0 Å². The Kier molecular flexibility index (Phi) is 4.58. The first-order chi connectivity index (χ1) is 7.44. The molecule has 1 fully saturated rings. The van der Waals surface area contributed by atoms with Crippen LogP contribution < -0.4 is 5.32 Å². The van der Waals surface area contributed by atoms with E-state index in [9.17, 15) is 18.0 Å². The highest BCUT2D eigenvalue weighted by atomic mass is 19.4. The third-order valence-electron chi connectivity index (χ3n) is 2.54. The van der Waals surface area contributed by atoms with Crippen molar-refractivity contribution >= 4 is 5.91 Å². The Morgan fingerprint density at radius 3 is 2.75 bits per heavy atom. The van der Waals surface area contributed by atoms with Gasteiger partial charge in [-0.15, -0.1) is 0 Å². The molecule has 3 nitrogen and oxygen atoms in total. The maximum atomic E-state index is 12.2. The van der Waals surface area contributed by atoms with Gasteiger partial charge in [0, 0.05) is 6.54 Å². The van der Waals surface area contributed by atoms with Crippen molar-refractivity contribution in [1.82, 2.24) is 10.2 Å². The minimum atomic E-state index is -4.30. The number of halogens is 3. The molecule has 1 aliphatic heterocycles. The predicted molar refractivity (Wildman–Crippen MR) is 54.0 cm³/mol. The van der Waals surface area contributed by atoms with Crippen LogP contribution >= 0.6 is 0 Å². The number of carbonyl (C=O) groups is 1. The van der Waals surface area contributed by atoms with E-state index in [0.717, 1.165) is 11.3 Å². The minimum Gasteiger partial charge on any atom is -0.332 e. The molecule has 6 heteroatoms. The van der Waals surface area contributed by atoms with E-state index < -0.39 is 24.7 Å².